The molecule has 0 saturated carbocycles. The van der Waals surface area contributed by atoms with Gasteiger partial charge in [-0.1, -0.05) is 6.92 Å². The Balaban J connectivity index is 2.46. The van der Waals surface area contributed by atoms with Crippen molar-refractivity contribution in [2.24, 2.45) is 0 Å². The van der Waals surface area contributed by atoms with Crippen molar-refractivity contribution in [2.75, 3.05) is 18.5 Å². The van der Waals surface area contributed by atoms with Crippen LogP contribution in [0, 0.1) is 10.1 Å². The maximum absolute atomic E-state index is 11.3. The van der Waals surface area contributed by atoms with Gasteiger partial charge in [-0.15, -0.1) is 0 Å². The van der Waals surface area contributed by atoms with Crippen LogP contribution in [0.3, 0.4) is 0 Å². The Morgan fingerprint density at radius 2 is 2.00 bits per heavy atom. The number of anilines is 1. The third kappa shape index (κ3) is 2.83. The minimum absolute atomic E-state index is 0.0935. The van der Waals surface area contributed by atoms with Gasteiger partial charge in [-0.05, 0) is 13.3 Å². The van der Waals surface area contributed by atoms with Gasteiger partial charge in [-0.2, -0.15) is 0 Å². The summed E-state index contributed by atoms with van der Waals surface area (Å²) in [4.78, 5) is 21.9. The smallest absolute Gasteiger partial charge is 0.329 e. The molecule has 1 heterocycles. The number of carbonyl (C=O) groups is 1. The lowest BCUT2D eigenvalue weighted by Crippen LogP contribution is -2.42. The summed E-state index contributed by atoms with van der Waals surface area (Å²) < 4.78 is 10.7. The normalized spacial score (nSPS) is 15.9. The van der Waals surface area contributed by atoms with E-state index in [4.69, 9.17) is 9.47 Å². The number of ether oxygens (including phenoxy) is 2. The summed E-state index contributed by atoms with van der Waals surface area (Å²) in [6.07, 6.45) is 0.258. The molecule has 8 nitrogen and oxygen atoms in total. The van der Waals surface area contributed by atoms with Crippen LogP contribution in [-0.2, 0) is 4.79 Å². The molecule has 1 aliphatic heterocycles. The fourth-order valence-corrected chi connectivity index (χ4v) is 1.92. The molecular formula is C13H16N2O6. The van der Waals surface area contributed by atoms with E-state index in [1.165, 1.54) is 19.1 Å². The number of nitrogens with zero attached hydrogens (tertiary/aromatic N) is 1. The molecule has 0 radical (unpaired) electrons. The minimum atomic E-state index is -1.31. The molecule has 0 fully saturated rings. The van der Waals surface area contributed by atoms with Crippen LogP contribution in [0.25, 0.3) is 0 Å². The Kier molecular flexibility index (Phi) is 3.88. The van der Waals surface area contributed by atoms with Gasteiger partial charge in [0.2, 0.25) is 0 Å². The molecule has 0 bridgehead atoms. The quantitative estimate of drug-likeness (QED) is 0.631. The molecule has 8 heteroatoms. The van der Waals surface area contributed by atoms with E-state index in [1.54, 1.807) is 6.92 Å². The third-order valence-electron chi connectivity index (χ3n) is 3.45. The van der Waals surface area contributed by atoms with Crippen molar-refractivity contribution in [1.82, 2.24) is 0 Å². The van der Waals surface area contributed by atoms with E-state index < -0.39 is 16.4 Å². The SMILES string of the molecule is CCC(C)(Nc1cc2c(cc1[N+](=O)[O-])OCCO2)C(=O)O. The van der Waals surface area contributed by atoms with Gasteiger partial charge in [0, 0.05) is 6.07 Å². The lowest BCUT2D eigenvalue weighted by molar-refractivity contribution is -0.384. The van der Waals surface area contributed by atoms with Crippen molar-refractivity contribution in [3.8, 4) is 11.5 Å². The highest BCUT2D eigenvalue weighted by molar-refractivity contribution is 5.84. The minimum Gasteiger partial charge on any atom is -0.486 e. The van der Waals surface area contributed by atoms with Gasteiger partial charge in [0.05, 0.1) is 11.0 Å². The number of carboxylic acid groups (broad SMARTS) is 1. The second-order valence-electron chi connectivity index (χ2n) is 4.89. The zero-order valence-electron chi connectivity index (χ0n) is 11.7. The number of benzene rings is 1. The monoisotopic (exact) mass is 296 g/mol. The van der Waals surface area contributed by atoms with Crippen LogP contribution in [0.2, 0.25) is 0 Å². The highest BCUT2D eigenvalue weighted by Crippen LogP contribution is 2.40. The first kappa shape index (κ1) is 14.9. The lowest BCUT2D eigenvalue weighted by atomic mass is 9.98. The summed E-state index contributed by atoms with van der Waals surface area (Å²) in [5.41, 5.74) is -1.47. The number of aliphatic carboxylic acids is 1. The lowest BCUT2D eigenvalue weighted by Gasteiger charge is -2.27. The van der Waals surface area contributed by atoms with E-state index in [2.05, 4.69) is 5.32 Å². The fourth-order valence-electron chi connectivity index (χ4n) is 1.92. The first-order chi connectivity index (χ1) is 9.87. The first-order valence-electron chi connectivity index (χ1n) is 6.47. The molecule has 0 amide bonds. The molecule has 2 N–H and O–H groups in total. The van der Waals surface area contributed by atoms with Gasteiger partial charge in [-0.3, -0.25) is 10.1 Å². The Hall–Kier alpha value is -2.51. The summed E-state index contributed by atoms with van der Waals surface area (Å²) in [5, 5.41) is 23.2. The van der Waals surface area contributed by atoms with Crippen LogP contribution in [0.5, 0.6) is 11.5 Å². The molecular weight excluding hydrogens is 280 g/mol. The Morgan fingerprint density at radius 3 is 2.48 bits per heavy atom. The summed E-state index contributed by atoms with van der Waals surface area (Å²) in [5.74, 6) is -0.445. The van der Waals surface area contributed by atoms with Crippen molar-refractivity contribution in [3.05, 3.63) is 22.2 Å². The number of hydrogen-bond donors (Lipinski definition) is 2. The average molecular weight is 296 g/mol. The maximum atomic E-state index is 11.3. The number of fused-ring (bicyclic) bond motifs is 1. The molecule has 21 heavy (non-hydrogen) atoms. The maximum Gasteiger partial charge on any atom is 0.329 e. The van der Waals surface area contributed by atoms with Crippen LogP contribution < -0.4 is 14.8 Å². The van der Waals surface area contributed by atoms with E-state index in [0.29, 0.717) is 19.0 Å². The van der Waals surface area contributed by atoms with Crippen LogP contribution in [0.1, 0.15) is 20.3 Å². The van der Waals surface area contributed by atoms with Gasteiger partial charge in [0.15, 0.2) is 11.5 Å². The molecule has 1 aliphatic rings. The van der Waals surface area contributed by atoms with Crippen LogP contribution in [-0.4, -0.2) is 34.8 Å². The Morgan fingerprint density at radius 1 is 1.43 bits per heavy atom. The van der Waals surface area contributed by atoms with E-state index in [9.17, 15) is 20.0 Å². The molecule has 1 atom stereocenters. The molecule has 114 valence electrons. The van der Waals surface area contributed by atoms with Gasteiger partial charge < -0.3 is 19.9 Å². The van der Waals surface area contributed by atoms with Gasteiger partial charge >= 0.3 is 5.97 Å². The summed E-state index contributed by atoms with van der Waals surface area (Å²) in [6.45, 7) is 3.81. The second kappa shape index (κ2) is 5.47. The largest absolute Gasteiger partial charge is 0.486 e. The summed E-state index contributed by atoms with van der Waals surface area (Å²) in [7, 11) is 0. The number of nitro groups is 1. The molecule has 0 aliphatic carbocycles. The van der Waals surface area contributed by atoms with Crippen molar-refractivity contribution >= 4 is 17.3 Å². The molecule has 1 aromatic rings. The predicted molar refractivity (Wildman–Crippen MR) is 74.0 cm³/mol. The highest BCUT2D eigenvalue weighted by atomic mass is 16.6. The number of hydrogen-bond acceptors (Lipinski definition) is 6. The molecule has 1 aromatic carbocycles. The summed E-state index contributed by atoms with van der Waals surface area (Å²) in [6, 6.07) is 2.65. The van der Waals surface area contributed by atoms with Crippen molar-refractivity contribution in [3.63, 3.8) is 0 Å². The van der Waals surface area contributed by atoms with Crippen molar-refractivity contribution < 1.29 is 24.3 Å². The Labute approximate surface area is 120 Å². The van der Waals surface area contributed by atoms with Crippen molar-refractivity contribution in [2.45, 2.75) is 25.8 Å². The van der Waals surface area contributed by atoms with Gasteiger partial charge in [0.25, 0.3) is 5.69 Å². The van der Waals surface area contributed by atoms with Crippen molar-refractivity contribution in [1.29, 1.82) is 0 Å². The third-order valence-corrected chi connectivity index (χ3v) is 3.45. The standard InChI is InChI=1S/C13H16N2O6/c1-3-13(2,12(16)17)14-8-6-10-11(21-5-4-20-10)7-9(8)15(18)19/h6-7,14H,3-5H2,1-2H3,(H,16,17). The molecule has 1 unspecified atom stereocenters. The number of nitrogens with one attached hydrogen (secondary N) is 1. The predicted octanol–water partition coefficient (Wildman–Crippen LogP) is 2.03. The van der Waals surface area contributed by atoms with Gasteiger partial charge in [-0.25, -0.2) is 4.79 Å². The van der Waals surface area contributed by atoms with E-state index in [0.717, 1.165) is 0 Å². The van der Waals surface area contributed by atoms with E-state index in [1.807, 2.05) is 0 Å². The molecule has 0 saturated heterocycles. The molecule has 0 aromatic heterocycles. The fraction of sp³-hybridized carbons (Fsp3) is 0.462. The average Bonchev–Trinajstić information content (AvgIpc) is 2.45. The van der Waals surface area contributed by atoms with E-state index >= 15 is 0 Å². The zero-order chi connectivity index (χ0) is 15.6. The molecule has 0 spiro atoms. The zero-order valence-corrected chi connectivity index (χ0v) is 11.7. The number of rotatable bonds is 5. The second-order valence-corrected chi connectivity index (χ2v) is 4.89. The molecule has 2 rings (SSSR count). The Bertz CT molecular complexity index is 588. The van der Waals surface area contributed by atoms with Crippen LogP contribution >= 0.6 is 0 Å². The number of carboxylic acids is 1. The topological polar surface area (TPSA) is 111 Å². The van der Waals surface area contributed by atoms with Gasteiger partial charge in [0.1, 0.15) is 24.4 Å². The van der Waals surface area contributed by atoms with E-state index in [-0.39, 0.29) is 23.5 Å². The van der Waals surface area contributed by atoms with Crippen LogP contribution in [0.4, 0.5) is 11.4 Å². The number of nitro benzene ring substituents is 1. The first-order valence-corrected chi connectivity index (χ1v) is 6.47. The highest BCUT2D eigenvalue weighted by Gasteiger charge is 2.34. The summed E-state index contributed by atoms with van der Waals surface area (Å²) >= 11 is 0. The van der Waals surface area contributed by atoms with Crippen LogP contribution in [0.15, 0.2) is 12.1 Å².